The lowest BCUT2D eigenvalue weighted by Gasteiger charge is -2.25. The summed E-state index contributed by atoms with van der Waals surface area (Å²) in [7, 11) is 0. The Bertz CT molecular complexity index is 940. The highest BCUT2D eigenvalue weighted by atomic mass is 19.1. The van der Waals surface area contributed by atoms with Crippen molar-refractivity contribution in [2.45, 2.75) is 19.3 Å². The van der Waals surface area contributed by atoms with Crippen LogP contribution in [0.3, 0.4) is 0 Å². The van der Waals surface area contributed by atoms with Gasteiger partial charge in [-0.15, -0.1) is 0 Å². The van der Waals surface area contributed by atoms with Crippen LogP contribution >= 0.6 is 0 Å². The maximum atomic E-state index is 14.1. The minimum atomic E-state index is -0.853. The van der Waals surface area contributed by atoms with E-state index in [0.29, 0.717) is 18.7 Å². The summed E-state index contributed by atoms with van der Waals surface area (Å²) in [5, 5.41) is 19.4. The number of carbonyl (C=O) groups is 1. The fourth-order valence-corrected chi connectivity index (χ4v) is 4.44. The number of pyridine rings is 1. The van der Waals surface area contributed by atoms with Crippen LogP contribution in [0, 0.1) is 34.3 Å². The molecule has 1 saturated carbocycles. The Morgan fingerprint density at radius 2 is 2.24 bits per heavy atom. The van der Waals surface area contributed by atoms with Gasteiger partial charge >= 0.3 is 5.97 Å². The molecule has 0 radical (unpaired) electrons. The van der Waals surface area contributed by atoms with Gasteiger partial charge in [0, 0.05) is 30.7 Å². The second-order valence-electron chi connectivity index (χ2n) is 6.85. The second kappa shape index (κ2) is 5.38. The number of halogens is 2. The standard InChI is InChI=1S/C18H15F2N3O2/c19-12-4-13-15(14(20)5-12)22-7-10(6-21)16(13)23-8-11-2-1-3-18(11,9-23)17(24)25/h4-5,7,11H,1-3,8-9H2,(H,24,25)/t11-,18+/m0/s1. The van der Waals surface area contributed by atoms with Crippen LogP contribution in [0.15, 0.2) is 18.3 Å². The number of rotatable bonds is 2. The average molecular weight is 343 g/mol. The largest absolute Gasteiger partial charge is 0.481 e. The third-order valence-corrected chi connectivity index (χ3v) is 5.59. The first-order chi connectivity index (χ1) is 12.0. The van der Waals surface area contributed by atoms with Gasteiger partial charge in [0.05, 0.1) is 16.7 Å². The van der Waals surface area contributed by atoms with Crippen LogP contribution in [0.25, 0.3) is 10.9 Å². The first kappa shape index (κ1) is 15.8. The molecular weight excluding hydrogens is 328 g/mol. The molecule has 2 aliphatic rings. The van der Waals surface area contributed by atoms with E-state index in [1.54, 1.807) is 4.90 Å². The smallest absolute Gasteiger partial charge is 0.311 e. The topological polar surface area (TPSA) is 77.2 Å². The molecule has 1 N–H and O–H groups in total. The molecule has 0 spiro atoms. The molecule has 0 amide bonds. The molecule has 1 aliphatic heterocycles. The number of benzene rings is 1. The Hall–Kier alpha value is -2.75. The van der Waals surface area contributed by atoms with Crippen molar-refractivity contribution in [1.29, 1.82) is 5.26 Å². The van der Waals surface area contributed by atoms with Gasteiger partial charge in [0.25, 0.3) is 0 Å². The number of nitrogens with zero attached hydrogens (tertiary/aromatic N) is 3. The Morgan fingerprint density at radius 1 is 1.44 bits per heavy atom. The van der Waals surface area contributed by atoms with Crippen molar-refractivity contribution >= 4 is 22.6 Å². The fraction of sp³-hybridized carbons (Fsp3) is 0.389. The third kappa shape index (κ3) is 2.17. The summed E-state index contributed by atoms with van der Waals surface area (Å²) in [6.07, 6.45) is 3.50. The minimum absolute atomic E-state index is 0.0168. The lowest BCUT2D eigenvalue weighted by molar-refractivity contribution is -0.149. The number of carboxylic acids is 1. The van der Waals surface area contributed by atoms with Gasteiger partial charge < -0.3 is 10.0 Å². The van der Waals surface area contributed by atoms with Crippen LogP contribution in [-0.4, -0.2) is 29.1 Å². The number of aromatic nitrogens is 1. The highest BCUT2D eigenvalue weighted by Crippen LogP contribution is 2.51. The van der Waals surface area contributed by atoms with Crippen molar-refractivity contribution in [2.75, 3.05) is 18.0 Å². The van der Waals surface area contributed by atoms with E-state index < -0.39 is 23.0 Å². The van der Waals surface area contributed by atoms with E-state index in [-0.39, 0.29) is 28.9 Å². The Labute approximate surface area is 142 Å². The zero-order valence-corrected chi connectivity index (χ0v) is 13.3. The van der Waals surface area contributed by atoms with E-state index in [2.05, 4.69) is 4.98 Å². The van der Waals surface area contributed by atoms with Gasteiger partial charge in [-0.05, 0) is 24.8 Å². The van der Waals surface area contributed by atoms with E-state index in [4.69, 9.17) is 0 Å². The van der Waals surface area contributed by atoms with Crippen molar-refractivity contribution in [3.63, 3.8) is 0 Å². The molecule has 25 heavy (non-hydrogen) atoms. The molecule has 1 aromatic carbocycles. The van der Waals surface area contributed by atoms with Crippen molar-refractivity contribution in [1.82, 2.24) is 4.98 Å². The van der Waals surface area contributed by atoms with Gasteiger partial charge in [-0.1, -0.05) is 6.42 Å². The van der Waals surface area contributed by atoms with Crippen molar-refractivity contribution in [3.05, 3.63) is 35.5 Å². The zero-order chi connectivity index (χ0) is 17.8. The van der Waals surface area contributed by atoms with Crippen molar-refractivity contribution in [3.8, 4) is 6.07 Å². The van der Waals surface area contributed by atoms with Crippen molar-refractivity contribution in [2.24, 2.45) is 11.3 Å². The molecular formula is C18H15F2N3O2. The fourth-order valence-electron chi connectivity index (χ4n) is 4.44. The molecule has 1 aliphatic carbocycles. The summed E-state index contributed by atoms with van der Waals surface area (Å²) >= 11 is 0. The number of carboxylic acid groups (broad SMARTS) is 1. The van der Waals surface area contributed by atoms with Crippen LogP contribution in [-0.2, 0) is 4.79 Å². The second-order valence-corrected chi connectivity index (χ2v) is 6.85. The number of hydrogen-bond acceptors (Lipinski definition) is 4. The molecule has 4 rings (SSSR count). The molecule has 5 nitrogen and oxygen atoms in total. The molecule has 2 atom stereocenters. The quantitative estimate of drug-likeness (QED) is 0.907. The summed E-state index contributed by atoms with van der Waals surface area (Å²) in [6, 6.07) is 3.92. The van der Waals surface area contributed by atoms with Crippen LogP contribution in [0.5, 0.6) is 0 Å². The lowest BCUT2D eigenvalue weighted by Crippen LogP contribution is -2.35. The summed E-state index contributed by atoms with van der Waals surface area (Å²) in [6.45, 7) is 0.692. The SMILES string of the molecule is N#Cc1cnc2c(F)cc(F)cc2c1N1C[C@@H]2CCC[C@@]2(C(=O)O)C1. The number of hydrogen-bond donors (Lipinski definition) is 1. The van der Waals surface area contributed by atoms with E-state index in [0.717, 1.165) is 25.0 Å². The van der Waals surface area contributed by atoms with Gasteiger partial charge in [0.2, 0.25) is 0 Å². The Balaban J connectivity index is 1.90. The summed E-state index contributed by atoms with van der Waals surface area (Å²) in [4.78, 5) is 17.6. The van der Waals surface area contributed by atoms with Gasteiger partial charge in [-0.2, -0.15) is 5.26 Å². The lowest BCUT2D eigenvalue weighted by atomic mass is 9.81. The van der Waals surface area contributed by atoms with E-state index >= 15 is 0 Å². The third-order valence-electron chi connectivity index (χ3n) is 5.59. The molecule has 1 aromatic heterocycles. The molecule has 0 bridgehead atoms. The molecule has 2 fully saturated rings. The maximum Gasteiger partial charge on any atom is 0.311 e. The average Bonchev–Trinajstić information content (AvgIpc) is 3.11. The van der Waals surface area contributed by atoms with Crippen LogP contribution in [0.1, 0.15) is 24.8 Å². The van der Waals surface area contributed by atoms with E-state index in [9.17, 15) is 23.9 Å². The highest BCUT2D eigenvalue weighted by Gasteiger charge is 2.55. The van der Waals surface area contributed by atoms with Crippen molar-refractivity contribution < 1.29 is 18.7 Å². The minimum Gasteiger partial charge on any atom is -0.481 e. The zero-order valence-electron chi connectivity index (χ0n) is 13.3. The molecule has 128 valence electrons. The predicted octanol–water partition coefficient (Wildman–Crippen LogP) is 3.08. The number of anilines is 1. The van der Waals surface area contributed by atoms with Crippen LogP contribution in [0.4, 0.5) is 14.5 Å². The summed E-state index contributed by atoms with van der Waals surface area (Å²) < 4.78 is 27.9. The number of nitriles is 1. The molecule has 2 aromatic rings. The Kier molecular flexibility index (Phi) is 3.39. The highest BCUT2D eigenvalue weighted by molar-refractivity contribution is 5.95. The molecule has 7 heteroatoms. The van der Waals surface area contributed by atoms with Crippen LogP contribution in [0.2, 0.25) is 0 Å². The summed E-state index contributed by atoms with van der Waals surface area (Å²) in [5.41, 5.74) is -0.301. The molecule has 0 unspecified atom stereocenters. The molecule has 2 heterocycles. The monoisotopic (exact) mass is 343 g/mol. The van der Waals surface area contributed by atoms with Gasteiger partial charge in [-0.25, -0.2) is 8.78 Å². The first-order valence-corrected chi connectivity index (χ1v) is 8.12. The van der Waals surface area contributed by atoms with Gasteiger partial charge in [0.15, 0.2) is 5.82 Å². The number of fused-ring (bicyclic) bond motifs is 2. The normalized spacial score (nSPS) is 25.2. The van der Waals surface area contributed by atoms with Gasteiger partial charge in [-0.3, -0.25) is 9.78 Å². The predicted molar refractivity (Wildman–Crippen MR) is 86.0 cm³/mol. The first-order valence-electron chi connectivity index (χ1n) is 8.12. The van der Waals surface area contributed by atoms with E-state index in [1.807, 2.05) is 6.07 Å². The number of aliphatic carboxylic acids is 1. The Morgan fingerprint density at radius 3 is 2.92 bits per heavy atom. The maximum absolute atomic E-state index is 14.1. The summed E-state index contributed by atoms with van der Waals surface area (Å²) in [5.74, 6) is -2.42. The molecule has 1 saturated heterocycles. The van der Waals surface area contributed by atoms with Gasteiger partial charge in [0.1, 0.15) is 17.4 Å². The van der Waals surface area contributed by atoms with E-state index in [1.165, 1.54) is 6.20 Å². The van der Waals surface area contributed by atoms with Crippen LogP contribution < -0.4 is 4.90 Å².